The Hall–Kier alpha value is -1.80. The second-order valence-electron chi connectivity index (χ2n) is 5.29. The van der Waals surface area contributed by atoms with Crippen molar-refractivity contribution < 1.29 is 17.9 Å². The molecule has 1 atom stereocenters. The Morgan fingerprint density at radius 3 is 2.90 bits per heavy atom. The van der Waals surface area contributed by atoms with Crippen LogP contribution < -0.4 is 20.5 Å². The molecule has 0 radical (unpaired) electrons. The maximum Gasteiger partial charge on any atom is 0.244 e. The number of hydrogen-bond acceptors (Lipinski definition) is 5. The van der Waals surface area contributed by atoms with Gasteiger partial charge in [-0.15, -0.1) is 0 Å². The first-order chi connectivity index (χ1) is 9.95. The van der Waals surface area contributed by atoms with E-state index in [1.165, 1.54) is 6.07 Å². The summed E-state index contributed by atoms with van der Waals surface area (Å²) in [7, 11) is -3.78. The first kappa shape index (κ1) is 14.2. The fourth-order valence-corrected chi connectivity index (χ4v) is 4.10. The monoisotopic (exact) mass is 311 g/mol. The molecule has 21 heavy (non-hydrogen) atoms. The van der Waals surface area contributed by atoms with Gasteiger partial charge in [0, 0.05) is 24.7 Å². The van der Waals surface area contributed by atoms with Crippen molar-refractivity contribution in [2.45, 2.75) is 30.2 Å². The SMILES string of the molecule is Nc1cc2c(c(S(=O)(=O)NC3CNC(=O)C3)c1)OCCC2. The number of amides is 1. The number of aryl methyl sites for hydroxylation is 1. The van der Waals surface area contributed by atoms with Crippen LogP contribution in [0.4, 0.5) is 5.69 Å². The minimum Gasteiger partial charge on any atom is -0.492 e. The van der Waals surface area contributed by atoms with Crippen LogP contribution in [0.15, 0.2) is 17.0 Å². The van der Waals surface area contributed by atoms with Crippen molar-refractivity contribution in [1.82, 2.24) is 10.0 Å². The van der Waals surface area contributed by atoms with Gasteiger partial charge in [-0.1, -0.05) is 0 Å². The number of fused-ring (bicyclic) bond motifs is 1. The van der Waals surface area contributed by atoms with Crippen LogP contribution in [0.2, 0.25) is 0 Å². The Kier molecular flexibility index (Phi) is 3.50. The summed E-state index contributed by atoms with van der Waals surface area (Å²) in [5.41, 5.74) is 6.99. The van der Waals surface area contributed by atoms with Crippen LogP contribution in [0.25, 0.3) is 0 Å². The molecule has 1 fully saturated rings. The third kappa shape index (κ3) is 2.81. The van der Waals surface area contributed by atoms with Crippen LogP contribution in [-0.4, -0.2) is 33.5 Å². The molecule has 1 aromatic carbocycles. The number of hydrogen-bond donors (Lipinski definition) is 3. The molecule has 1 aromatic rings. The second-order valence-corrected chi connectivity index (χ2v) is 6.97. The van der Waals surface area contributed by atoms with E-state index >= 15 is 0 Å². The van der Waals surface area contributed by atoms with E-state index < -0.39 is 16.1 Å². The first-order valence-corrected chi connectivity index (χ1v) is 8.28. The zero-order valence-corrected chi connectivity index (χ0v) is 12.2. The van der Waals surface area contributed by atoms with Gasteiger partial charge in [0.15, 0.2) is 0 Å². The lowest BCUT2D eigenvalue weighted by atomic mass is 10.1. The average molecular weight is 311 g/mol. The number of rotatable bonds is 3. The Labute approximate surface area is 122 Å². The van der Waals surface area contributed by atoms with Crippen LogP contribution in [0.5, 0.6) is 5.75 Å². The highest BCUT2D eigenvalue weighted by atomic mass is 32.2. The number of sulfonamides is 1. The Bertz CT molecular complexity index is 687. The normalized spacial score (nSPS) is 21.5. The summed E-state index contributed by atoms with van der Waals surface area (Å²) < 4.78 is 33.1. The van der Waals surface area contributed by atoms with E-state index in [4.69, 9.17) is 10.5 Å². The van der Waals surface area contributed by atoms with E-state index in [1.54, 1.807) is 6.07 Å². The predicted octanol–water partition coefficient (Wildman–Crippen LogP) is -0.239. The molecule has 114 valence electrons. The van der Waals surface area contributed by atoms with Gasteiger partial charge in [0.1, 0.15) is 10.6 Å². The number of anilines is 1. The molecule has 3 rings (SSSR count). The molecule has 0 spiro atoms. The van der Waals surface area contributed by atoms with Crippen LogP contribution in [-0.2, 0) is 21.2 Å². The van der Waals surface area contributed by atoms with Crippen LogP contribution in [0.1, 0.15) is 18.4 Å². The molecular formula is C13H17N3O4S. The van der Waals surface area contributed by atoms with Gasteiger partial charge in [-0.05, 0) is 30.5 Å². The third-order valence-corrected chi connectivity index (χ3v) is 5.11. The van der Waals surface area contributed by atoms with Crippen molar-refractivity contribution in [2.24, 2.45) is 0 Å². The van der Waals surface area contributed by atoms with Gasteiger partial charge in [0.2, 0.25) is 15.9 Å². The van der Waals surface area contributed by atoms with Crippen LogP contribution in [0.3, 0.4) is 0 Å². The molecular weight excluding hydrogens is 294 g/mol. The maximum absolute atomic E-state index is 12.5. The number of nitrogen functional groups attached to an aromatic ring is 1. The van der Waals surface area contributed by atoms with Crippen LogP contribution in [0, 0.1) is 0 Å². The van der Waals surface area contributed by atoms with E-state index in [-0.39, 0.29) is 17.2 Å². The largest absolute Gasteiger partial charge is 0.492 e. The second kappa shape index (κ2) is 5.19. The summed E-state index contributed by atoms with van der Waals surface area (Å²) in [6.45, 7) is 0.784. The van der Waals surface area contributed by atoms with Crippen molar-refractivity contribution in [3.05, 3.63) is 17.7 Å². The highest BCUT2D eigenvalue weighted by Gasteiger charge is 2.30. The molecule has 1 saturated heterocycles. The standard InChI is InChI=1S/C13H17N3O4S/c14-9-4-8-2-1-3-20-13(8)11(5-9)21(18,19)16-10-6-12(17)15-7-10/h4-5,10,16H,1-3,6-7,14H2,(H,15,17). The molecule has 2 aliphatic heterocycles. The topological polar surface area (TPSA) is 111 Å². The molecule has 0 saturated carbocycles. The molecule has 0 aromatic heterocycles. The first-order valence-electron chi connectivity index (χ1n) is 6.80. The number of carbonyl (C=O) groups is 1. The van der Waals surface area contributed by atoms with Gasteiger partial charge in [-0.2, -0.15) is 0 Å². The van der Waals surface area contributed by atoms with Crippen molar-refractivity contribution in [2.75, 3.05) is 18.9 Å². The minimum absolute atomic E-state index is 0.0524. The molecule has 1 amide bonds. The van der Waals surface area contributed by atoms with Gasteiger partial charge >= 0.3 is 0 Å². The number of carbonyl (C=O) groups excluding carboxylic acids is 1. The smallest absolute Gasteiger partial charge is 0.244 e. The minimum atomic E-state index is -3.78. The Balaban J connectivity index is 1.95. The Morgan fingerprint density at radius 2 is 2.19 bits per heavy atom. The molecule has 2 aliphatic rings. The lowest BCUT2D eigenvalue weighted by Crippen LogP contribution is -2.36. The zero-order valence-electron chi connectivity index (χ0n) is 11.4. The lowest BCUT2D eigenvalue weighted by Gasteiger charge is -2.22. The molecule has 7 nitrogen and oxygen atoms in total. The van der Waals surface area contributed by atoms with E-state index in [9.17, 15) is 13.2 Å². The summed E-state index contributed by atoms with van der Waals surface area (Å²) in [5, 5.41) is 2.60. The molecule has 8 heteroatoms. The molecule has 0 aliphatic carbocycles. The third-order valence-electron chi connectivity index (χ3n) is 3.58. The van der Waals surface area contributed by atoms with Gasteiger partial charge in [0.05, 0.1) is 6.61 Å². The zero-order chi connectivity index (χ0) is 15.0. The molecule has 4 N–H and O–H groups in total. The summed E-state index contributed by atoms with van der Waals surface area (Å²) >= 11 is 0. The van der Waals surface area contributed by atoms with Gasteiger partial charge in [-0.25, -0.2) is 13.1 Å². The Morgan fingerprint density at radius 1 is 1.38 bits per heavy atom. The maximum atomic E-state index is 12.5. The summed E-state index contributed by atoms with van der Waals surface area (Å²) in [6, 6.07) is 2.70. The fourth-order valence-electron chi connectivity index (χ4n) is 2.64. The van der Waals surface area contributed by atoms with E-state index in [1.807, 2.05) is 0 Å². The predicted molar refractivity (Wildman–Crippen MR) is 76.4 cm³/mol. The summed E-state index contributed by atoms with van der Waals surface area (Å²) in [6.07, 6.45) is 1.72. The highest BCUT2D eigenvalue weighted by molar-refractivity contribution is 7.89. The average Bonchev–Trinajstić information content (AvgIpc) is 2.82. The van der Waals surface area contributed by atoms with Crippen molar-refractivity contribution >= 4 is 21.6 Å². The van der Waals surface area contributed by atoms with E-state index in [0.29, 0.717) is 24.6 Å². The van der Waals surface area contributed by atoms with Crippen molar-refractivity contribution in [1.29, 1.82) is 0 Å². The summed E-state index contributed by atoms with van der Waals surface area (Å²) in [4.78, 5) is 11.2. The highest BCUT2D eigenvalue weighted by Crippen LogP contribution is 2.34. The van der Waals surface area contributed by atoms with E-state index in [0.717, 1.165) is 18.4 Å². The molecule has 0 bridgehead atoms. The van der Waals surface area contributed by atoms with E-state index in [2.05, 4.69) is 10.0 Å². The van der Waals surface area contributed by atoms with Crippen molar-refractivity contribution in [3.8, 4) is 5.75 Å². The quantitative estimate of drug-likeness (QED) is 0.667. The lowest BCUT2D eigenvalue weighted by molar-refractivity contribution is -0.119. The summed E-state index contributed by atoms with van der Waals surface area (Å²) in [5.74, 6) is 0.216. The number of ether oxygens (including phenoxy) is 1. The van der Waals surface area contributed by atoms with Gasteiger partial charge in [-0.3, -0.25) is 4.79 Å². The number of nitrogens with two attached hydrogens (primary N) is 1. The van der Waals surface area contributed by atoms with Gasteiger partial charge < -0.3 is 15.8 Å². The molecule has 1 unspecified atom stereocenters. The molecule has 2 heterocycles. The van der Waals surface area contributed by atoms with Gasteiger partial charge in [0.25, 0.3) is 0 Å². The number of benzene rings is 1. The number of nitrogens with one attached hydrogen (secondary N) is 2. The fraction of sp³-hybridized carbons (Fsp3) is 0.462. The van der Waals surface area contributed by atoms with Crippen molar-refractivity contribution in [3.63, 3.8) is 0 Å². The van der Waals surface area contributed by atoms with Crippen LogP contribution >= 0.6 is 0 Å².